The van der Waals surface area contributed by atoms with Gasteiger partial charge in [0.15, 0.2) is 5.69 Å². The molecule has 0 aliphatic carbocycles. The Hall–Kier alpha value is -2.63. The number of amides is 1. The Morgan fingerprint density at radius 3 is 3.00 bits per heavy atom. The minimum Gasteiger partial charge on any atom is -0.476 e. The third kappa shape index (κ3) is 1.64. The number of benzene rings is 1. The number of hydrogen-bond donors (Lipinski definition) is 2. The maximum atomic E-state index is 11.2. The first kappa shape index (κ1) is 10.5. The van der Waals surface area contributed by atoms with Crippen molar-refractivity contribution in [2.24, 2.45) is 0 Å². The number of carbonyl (C=O) groups excluding carboxylic acids is 1. The zero-order valence-electron chi connectivity index (χ0n) is 9.14. The average Bonchev–Trinajstić information content (AvgIpc) is 2.91. The number of carboxylic acids is 1. The summed E-state index contributed by atoms with van der Waals surface area (Å²) < 4.78 is 5.10. The molecule has 1 aliphatic heterocycles. The van der Waals surface area contributed by atoms with Gasteiger partial charge in [-0.1, -0.05) is 0 Å². The van der Waals surface area contributed by atoms with Gasteiger partial charge in [0.2, 0.25) is 11.8 Å². The zero-order valence-corrected chi connectivity index (χ0v) is 9.14. The van der Waals surface area contributed by atoms with E-state index < -0.39 is 5.97 Å². The smallest absolute Gasteiger partial charge is 0.357 e. The van der Waals surface area contributed by atoms with Crippen molar-refractivity contribution in [1.82, 2.24) is 4.98 Å². The Morgan fingerprint density at radius 1 is 1.44 bits per heavy atom. The maximum Gasteiger partial charge on any atom is 0.357 e. The summed E-state index contributed by atoms with van der Waals surface area (Å²) in [5.41, 5.74) is 2.14. The lowest BCUT2D eigenvalue weighted by atomic mass is 10.1. The molecular weight excluding hydrogens is 236 g/mol. The molecule has 0 fully saturated rings. The van der Waals surface area contributed by atoms with E-state index >= 15 is 0 Å². The predicted molar refractivity (Wildman–Crippen MR) is 61.2 cm³/mol. The SMILES string of the molecule is O=C1Cc2cc(-c3nc(C(=O)O)co3)ccc2N1. The van der Waals surface area contributed by atoms with Gasteiger partial charge in [-0.2, -0.15) is 0 Å². The van der Waals surface area contributed by atoms with Crippen LogP contribution in [0.4, 0.5) is 5.69 Å². The molecule has 0 radical (unpaired) electrons. The molecule has 6 nitrogen and oxygen atoms in total. The lowest BCUT2D eigenvalue weighted by molar-refractivity contribution is -0.115. The van der Waals surface area contributed by atoms with E-state index in [9.17, 15) is 9.59 Å². The van der Waals surface area contributed by atoms with Crippen LogP contribution in [0.15, 0.2) is 28.9 Å². The Bertz CT molecular complexity index is 660. The fourth-order valence-corrected chi connectivity index (χ4v) is 1.87. The van der Waals surface area contributed by atoms with Gasteiger partial charge in [-0.05, 0) is 23.8 Å². The monoisotopic (exact) mass is 244 g/mol. The molecule has 0 spiro atoms. The molecule has 1 aromatic heterocycles. The van der Waals surface area contributed by atoms with Crippen LogP contribution in [-0.4, -0.2) is 22.0 Å². The average molecular weight is 244 g/mol. The van der Waals surface area contributed by atoms with E-state index in [-0.39, 0.29) is 17.5 Å². The van der Waals surface area contributed by atoms with E-state index in [1.807, 2.05) is 0 Å². The highest BCUT2D eigenvalue weighted by atomic mass is 16.4. The molecule has 0 unspecified atom stereocenters. The Balaban J connectivity index is 2.00. The number of nitrogens with zero attached hydrogens (tertiary/aromatic N) is 1. The van der Waals surface area contributed by atoms with Crippen molar-refractivity contribution in [3.05, 3.63) is 35.7 Å². The minimum atomic E-state index is -1.14. The third-order valence-electron chi connectivity index (χ3n) is 2.70. The topological polar surface area (TPSA) is 92.4 Å². The van der Waals surface area contributed by atoms with Crippen molar-refractivity contribution in [1.29, 1.82) is 0 Å². The summed E-state index contributed by atoms with van der Waals surface area (Å²) in [5, 5.41) is 11.5. The largest absolute Gasteiger partial charge is 0.476 e. The number of oxazole rings is 1. The lowest BCUT2D eigenvalue weighted by Gasteiger charge is -2.00. The molecule has 1 aromatic carbocycles. The maximum absolute atomic E-state index is 11.2. The number of rotatable bonds is 2. The number of carboxylic acid groups (broad SMARTS) is 1. The second-order valence-corrected chi connectivity index (χ2v) is 3.94. The van der Waals surface area contributed by atoms with Gasteiger partial charge in [-0.3, -0.25) is 4.79 Å². The summed E-state index contributed by atoms with van der Waals surface area (Å²) in [6, 6.07) is 5.24. The van der Waals surface area contributed by atoms with Crippen molar-refractivity contribution in [2.45, 2.75) is 6.42 Å². The van der Waals surface area contributed by atoms with Gasteiger partial charge < -0.3 is 14.8 Å². The fraction of sp³-hybridized carbons (Fsp3) is 0.0833. The molecule has 1 amide bonds. The molecule has 0 bridgehead atoms. The number of fused-ring (bicyclic) bond motifs is 1. The molecule has 0 saturated heterocycles. The van der Waals surface area contributed by atoms with Crippen LogP contribution in [0.5, 0.6) is 0 Å². The number of nitrogens with one attached hydrogen (secondary N) is 1. The molecule has 0 atom stereocenters. The number of aromatic carboxylic acids is 1. The molecular formula is C12H8N2O4. The van der Waals surface area contributed by atoms with Gasteiger partial charge in [0, 0.05) is 11.3 Å². The van der Waals surface area contributed by atoms with Gasteiger partial charge >= 0.3 is 5.97 Å². The van der Waals surface area contributed by atoms with Gasteiger partial charge in [0.25, 0.3) is 0 Å². The van der Waals surface area contributed by atoms with E-state index in [0.29, 0.717) is 12.0 Å². The van der Waals surface area contributed by atoms with Crippen LogP contribution < -0.4 is 5.32 Å². The van der Waals surface area contributed by atoms with Gasteiger partial charge in [-0.25, -0.2) is 9.78 Å². The molecule has 0 saturated carbocycles. The first-order valence-electron chi connectivity index (χ1n) is 5.25. The highest BCUT2D eigenvalue weighted by Gasteiger charge is 2.19. The normalized spacial score (nSPS) is 13.2. The number of anilines is 1. The van der Waals surface area contributed by atoms with Crippen LogP contribution in [0.2, 0.25) is 0 Å². The van der Waals surface area contributed by atoms with E-state index in [1.54, 1.807) is 18.2 Å². The Labute approximate surface area is 101 Å². The molecule has 1 aliphatic rings. The molecule has 90 valence electrons. The van der Waals surface area contributed by atoms with Crippen LogP contribution in [0.1, 0.15) is 16.1 Å². The number of hydrogen-bond acceptors (Lipinski definition) is 4. The number of carbonyl (C=O) groups is 2. The summed E-state index contributed by atoms with van der Waals surface area (Å²) in [7, 11) is 0. The molecule has 18 heavy (non-hydrogen) atoms. The standard InChI is InChI=1S/C12H8N2O4/c15-10-4-7-3-6(1-2-8(7)13-10)11-14-9(5-18-11)12(16)17/h1-3,5H,4H2,(H,13,15)(H,16,17). The van der Waals surface area contributed by atoms with Crippen LogP contribution in [-0.2, 0) is 11.2 Å². The molecule has 3 rings (SSSR count). The van der Waals surface area contributed by atoms with E-state index in [4.69, 9.17) is 9.52 Å². The minimum absolute atomic E-state index is 0.0548. The highest BCUT2D eigenvalue weighted by Crippen LogP contribution is 2.28. The summed E-state index contributed by atoms with van der Waals surface area (Å²) in [6.45, 7) is 0. The summed E-state index contributed by atoms with van der Waals surface area (Å²) in [5.74, 6) is -0.960. The first-order chi connectivity index (χ1) is 8.63. The predicted octanol–water partition coefficient (Wildman–Crippen LogP) is 1.53. The van der Waals surface area contributed by atoms with E-state index in [2.05, 4.69) is 10.3 Å². The van der Waals surface area contributed by atoms with Gasteiger partial charge in [0.05, 0.1) is 6.42 Å². The van der Waals surface area contributed by atoms with Gasteiger partial charge in [-0.15, -0.1) is 0 Å². The summed E-state index contributed by atoms with van der Waals surface area (Å²) in [6.07, 6.45) is 1.41. The Kier molecular flexibility index (Phi) is 2.16. The lowest BCUT2D eigenvalue weighted by Crippen LogP contribution is -2.03. The van der Waals surface area contributed by atoms with E-state index in [0.717, 1.165) is 17.5 Å². The van der Waals surface area contributed by atoms with Crippen LogP contribution >= 0.6 is 0 Å². The van der Waals surface area contributed by atoms with Crippen molar-refractivity contribution in [3.63, 3.8) is 0 Å². The summed E-state index contributed by atoms with van der Waals surface area (Å²) >= 11 is 0. The third-order valence-corrected chi connectivity index (χ3v) is 2.70. The van der Waals surface area contributed by atoms with Gasteiger partial charge in [0.1, 0.15) is 6.26 Å². The van der Waals surface area contributed by atoms with Crippen molar-refractivity contribution < 1.29 is 19.1 Å². The molecule has 2 N–H and O–H groups in total. The van der Waals surface area contributed by atoms with E-state index in [1.165, 1.54) is 0 Å². The fourth-order valence-electron chi connectivity index (χ4n) is 1.87. The molecule has 2 heterocycles. The van der Waals surface area contributed by atoms with Crippen LogP contribution in [0.25, 0.3) is 11.5 Å². The quantitative estimate of drug-likeness (QED) is 0.835. The first-order valence-corrected chi connectivity index (χ1v) is 5.25. The molecule has 2 aromatic rings. The second kappa shape index (κ2) is 3.69. The van der Waals surface area contributed by atoms with Crippen molar-refractivity contribution >= 4 is 17.6 Å². The summed E-state index contributed by atoms with van der Waals surface area (Å²) in [4.78, 5) is 25.8. The van der Waals surface area contributed by atoms with Crippen molar-refractivity contribution in [2.75, 3.05) is 5.32 Å². The zero-order chi connectivity index (χ0) is 12.7. The number of aromatic nitrogens is 1. The Morgan fingerprint density at radius 2 is 2.28 bits per heavy atom. The van der Waals surface area contributed by atoms with Crippen molar-refractivity contribution in [3.8, 4) is 11.5 Å². The van der Waals surface area contributed by atoms with Crippen LogP contribution in [0, 0.1) is 0 Å². The molecule has 6 heteroatoms. The highest BCUT2D eigenvalue weighted by molar-refractivity contribution is 5.99. The van der Waals surface area contributed by atoms with Crippen LogP contribution in [0.3, 0.4) is 0 Å². The second-order valence-electron chi connectivity index (χ2n) is 3.94.